The van der Waals surface area contributed by atoms with Crippen molar-refractivity contribution in [3.05, 3.63) is 28.7 Å². The van der Waals surface area contributed by atoms with Crippen LogP contribution >= 0.6 is 0 Å². The molecule has 2 heterocycles. The molecule has 0 spiro atoms. The molecule has 3 rings (SSSR count). The Kier molecular flexibility index (Phi) is 5.62. The van der Waals surface area contributed by atoms with Crippen molar-refractivity contribution in [2.45, 2.75) is 38.6 Å². The zero-order valence-corrected chi connectivity index (χ0v) is 13.5. The van der Waals surface area contributed by atoms with Crippen LogP contribution in [0.3, 0.4) is 0 Å². The van der Waals surface area contributed by atoms with E-state index in [2.05, 4.69) is 14.9 Å². The molecule has 1 aliphatic heterocycles. The Morgan fingerprint density at radius 1 is 1.00 bits per heavy atom. The topological polar surface area (TPSA) is 41.4 Å². The van der Waals surface area contributed by atoms with Crippen molar-refractivity contribution in [1.82, 2.24) is 19.6 Å². The van der Waals surface area contributed by atoms with Crippen LogP contribution in [0.5, 0.6) is 0 Å². The normalized spacial score (nSPS) is 22.0. The Balaban J connectivity index is 1.38. The van der Waals surface area contributed by atoms with E-state index < -0.39 is 0 Å². The van der Waals surface area contributed by atoms with E-state index in [1.54, 1.807) is 23.0 Å². The summed E-state index contributed by atoms with van der Waals surface area (Å²) in [6.07, 6.45) is 8.86. The standard InChI is InChI=1S/C17H28N4O/c22-17-7-4-8-18-21(17)14-13-19-9-11-20(12-10-19)15-16-5-2-1-3-6-16/h4,7-8,16H,1-3,5-6,9-15H2. The first-order valence-corrected chi connectivity index (χ1v) is 8.78. The van der Waals surface area contributed by atoms with Crippen LogP contribution in [-0.4, -0.2) is 58.8 Å². The number of hydrogen-bond donors (Lipinski definition) is 0. The van der Waals surface area contributed by atoms with Gasteiger partial charge in [-0.1, -0.05) is 19.3 Å². The Hall–Kier alpha value is -1.20. The molecule has 1 saturated heterocycles. The number of piperazine rings is 1. The van der Waals surface area contributed by atoms with Crippen molar-refractivity contribution >= 4 is 0 Å². The number of aromatic nitrogens is 2. The van der Waals surface area contributed by atoms with Gasteiger partial charge in [-0.2, -0.15) is 5.10 Å². The monoisotopic (exact) mass is 304 g/mol. The third-order valence-electron chi connectivity index (χ3n) is 5.12. The van der Waals surface area contributed by atoms with Crippen LogP contribution in [0.2, 0.25) is 0 Å². The third kappa shape index (κ3) is 4.40. The lowest BCUT2D eigenvalue weighted by Gasteiger charge is -2.37. The van der Waals surface area contributed by atoms with E-state index in [0.717, 1.165) is 25.6 Å². The average Bonchev–Trinajstić information content (AvgIpc) is 2.56. The summed E-state index contributed by atoms with van der Waals surface area (Å²) < 4.78 is 1.56. The molecule has 2 fully saturated rings. The second-order valence-corrected chi connectivity index (χ2v) is 6.73. The average molecular weight is 304 g/mol. The fourth-order valence-electron chi connectivity index (χ4n) is 3.72. The van der Waals surface area contributed by atoms with Gasteiger partial charge in [0.1, 0.15) is 0 Å². The van der Waals surface area contributed by atoms with Crippen LogP contribution in [0, 0.1) is 5.92 Å². The Morgan fingerprint density at radius 3 is 2.45 bits per heavy atom. The van der Waals surface area contributed by atoms with Crippen molar-refractivity contribution in [2.75, 3.05) is 39.3 Å². The van der Waals surface area contributed by atoms with Gasteiger partial charge in [-0.3, -0.25) is 9.69 Å². The predicted molar refractivity (Wildman–Crippen MR) is 88.0 cm³/mol. The van der Waals surface area contributed by atoms with Crippen molar-refractivity contribution in [1.29, 1.82) is 0 Å². The minimum atomic E-state index is -0.00145. The lowest BCUT2D eigenvalue weighted by atomic mass is 9.89. The van der Waals surface area contributed by atoms with E-state index >= 15 is 0 Å². The Morgan fingerprint density at radius 2 is 1.73 bits per heavy atom. The maximum Gasteiger partial charge on any atom is 0.266 e. The molecule has 0 N–H and O–H groups in total. The van der Waals surface area contributed by atoms with Gasteiger partial charge < -0.3 is 4.90 Å². The fourth-order valence-corrected chi connectivity index (χ4v) is 3.72. The van der Waals surface area contributed by atoms with E-state index in [1.807, 2.05) is 0 Å². The second kappa shape index (κ2) is 7.88. The molecule has 5 heteroatoms. The molecule has 1 aliphatic carbocycles. The number of nitrogens with zero attached hydrogens (tertiary/aromatic N) is 4. The number of rotatable bonds is 5. The van der Waals surface area contributed by atoms with E-state index in [1.165, 1.54) is 51.7 Å². The largest absolute Gasteiger partial charge is 0.301 e. The van der Waals surface area contributed by atoms with Gasteiger partial charge in [0.25, 0.3) is 5.56 Å². The lowest BCUT2D eigenvalue weighted by molar-refractivity contribution is 0.106. The molecule has 0 bridgehead atoms. The van der Waals surface area contributed by atoms with Gasteiger partial charge in [-0.05, 0) is 24.8 Å². The highest BCUT2D eigenvalue weighted by Gasteiger charge is 2.21. The van der Waals surface area contributed by atoms with Gasteiger partial charge in [0, 0.05) is 51.5 Å². The SMILES string of the molecule is O=c1cccnn1CCN1CCN(CC2CCCCC2)CC1. The molecule has 0 aromatic carbocycles. The molecule has 1 saturated carbocycles. The van der Waals surface area contributed by atoms with Gasteiger partial charge in [0.15, 0.2) is 0 Å². The van der Waals surface area contributed by atoms with E-state index in [-0.39, 0.29) is 5.56 Å². The summed E-state index contributed by atoms with van der Waals surface area (Å²) in [5.41, 5.74) is -0.00145. The summed E-state index contributed by atoms with van der Waals surface area (Å²) in [5, 5.41) is 4.12. The van der Waals surface area contributed by atoms with Gasteiger partial charge in [-0.15, -0.1) is 0 Å². The van der Waals surface area contributed by atoms with Crippen molar-refractivity contribution < 1.29 is 0 Å². The second-order valence-electron chi connectivity index (χ2n) is 6.73. The minimum absolute atomic E-state index is 0.00145. The van der Waals surface area contributed by atoms with E-state index in [0.29, 0.717) is 6.54 Å². The summed E-state index contributed by atoms with van der Waals surface area (Å²) in [4.78, 5) is 16.7. The fraction of sp³-hybridized carbons (Fsp3) is 0.765. The lowest BCUT2D eigenvalue weighted by Crippen LogP contribution is -2.48. The van der Waals surface area contributed by atoms with Crippen LogP contribution in [-0.2, 0) is 6.54 Å². The Labute approximate surface area is 132 Å². The summed E-state index contributed by atoms with van der Waals surface area (Å²) in [7, 11) is 0. The maximum atomic E-state index is 11.6. The molecular formula is C17H28N4O. The maximum absolute atomic E-state index is 11.6. The summed E-state index contributed by atoms with van der Waals surface area (Å²) >= 11 is 0. The molecule has 0 unspecified atom stereocenters. The molecular weight excluding hydrogens is 276 g/mol. The first-order chi connectivity index (χ1) is 10.8. The molecule has 22 heavy (non-hydrogen) atoms. The third-order valence-corrected chi connectivity index (χ3v) is 5.12. The van der Waals surface area contributed by atoms with Crippen molar-refractivity contribution in [2.24, 2.45) is 5.92 Å². The first-order valence-electron chi connectivity index (χ1n) is 8.78. The van der Waals surface area contributed by atoms with Crippen LogP contribution in [0.1, 0.15) is 32.1 Å². The molecule has 122 valence electrons. The highest BCUT2D eigenvalue weighted by Crippen LogP contribution is 2.24. The Bertz CT molecular complexity index is 501. The van der Waals surface area contributed by atoms with Crippen LogP contribution in [0.15, 0.2) is 23.1 Å². The molecule has 0 amide bonds. The molecule has 0 atom stereocenters. The van der Waals surface area contributed by atoms with Gasteiger partial charge in [0.2, 0.25) is 0 Å². The van der Waals surface area contributed by atoms with Crippen LogP contribution in [0.4, 0.5) is 0 Å². The molecule has 0 radical (unpaired) electrons. The molecule has 2 aliphatic rings. The highest BCUT2D eigenvalue weighted by atomic mass is 16.1. The predicted octanol–water partition coefficient (Wildman–Crippen LogP) is 1.44. The van der Waals surface area contributed by atoms with Crippen molar-refractivity contribution in [3.63, 3.8) is 0 Å². The van der Waals surface area contributed by atoms with Crippen LogP contribution in [0.25, 0.3) is 0 Å². The van der Waals surface area contributed by atoms with E-state index in [9.17, 15) is 4.79 Å². The van der Waals surface area contributed by atoms with Gasteiger partial charge in [0.05, 0.1) is 6.54 Å². The minimum Gasteiger partial charge on any atom is -0.301 e. The zero-order chi connectivity index (χ0) is 15.2. The smallest absolute Gasteiger partial charge is 0.266 e. The summed E-state index contributed by atoms with van der Waals surface area (Å²) in [6, 6.07) is 3.28. The van der Waals surface area contributed by atoms with Crippen molar-refractivity contribution in [3.8, 4) is 0 Å². The molecule has 5 nitrogen and oxygen atoms in total. The summed E-state index contributed by atoms with van der Waals surface area (Å²) in [6.45, 7) is 7.51. The number of hydrogen-bond acceptors (Lipinski definition) is 4. The zero-order valence-electron chi connectivity index (χ0n) is 13.5. The molecule has 1 aromatic heterocycles. The molecule has 1 aromatic rings. The quantitative estimate of drug-likeness (QED) is 0.825. The summed E-state index contributed by atoms with van der Waals surface area (Å²) in [5.74, 6) is 0.937. The highest BCUT2D eigenvalue weighted by molar-refractivity contribution is 4.85. The van der Waals surface area contributed by atoms with Gasteiger partial charge >= 0.3 is 0 Å². The first kappa shape index (κ1) is 15.7. The van der Waals surface area contributed by atoms with Crippen LogP contribution < -0.4 is 5.56 Å². The van der Waals surface area contributed by atoms with Gasteiger partial charge in [-0.25, -0.2) is 4.68 Å². The van der Waals surface area contributed by atoms with E-state index in [4.69, 9.17) is 0 Å².